The van der Waals surface area contributed by atoms with Crippen LogP contribution in [0.1, 0.15) is 21.8 Å². The maximum Gasteiger partial charge on any atom is 0.296 e. The number of benzene rings is 1. The molecule has 0 saturated heterocycles. The summed E-state index contributed by atoms with van der Waals surface area (Å²) < 4.78 is 5.21. The van der Waals surface area contributed by atoms with Crippen LogP contribution in [0.5, 0.6) is 0 Å². The highest BCUT2D eigenvalue weighted by atomic mass is 16.3. The van der Waals surface area contributed by atoms with Crippen molar-refractivity contribution in [1.82, 2.24) is 10.3 Å². The van der Waals surface area contributed by atoms with Gasteiger partial charge in [-0.05, 0) is 18.6 Å². The van der Waals surface area contributed by atoms with Gasteiger partial charge >= 0.3 is 0 Å². The molecule has 0 aliphatic carbocycles. The summed E-state index contributed by atoms with van der Waals surface area (Å²) in [5, 5.41) is 3.31. The van der Waals surface area contributed by atoms with Crippen LogP contribution in [0.3, 0.4) is 0 Å². The number of hydrogen-bond donors (Lipinski definition) is 1. The zero-order valence-electron chi connectivity index (χ0n) is 10.7. The van der Waals surface area contributed by atoms with Crippen molar-refractivity contribution in [3.63, 3.8) is 0 Å². The minimum atomic E-state index is -0.133. The highest BCUT2D eigenvalue weighted by molar-refractivity contribution is 6.05. The minimum Gasteiger partial charge on any atom is -0.438 e. The molecule has 1 aromatic heterocycles. The summed E-state index contributed by atoms with van der Waals surface area (Å²) in [6, 6.07) is 7.92. The quantitative estimate of drug-likeness (QED) is 0.845. The Morgan fingerprint density at radius 3 is 3.05 bits per heavy atom. The molecule has 5 heteroatoms. The van der Waals surface area contributed by atoms with Crippen LogP contribution in [0.2, 0.25) is 0 Å². The molecule has 1 aromatic carbocycles. The van der Waals surface area contributed by atoms with Gasteiger partial charge in [0.2, 0.25) is 5.76 Å². The van der Waals surface area contributed by atoms with E-state index >= 15 is 0 Å². The Labute approximate surface area is 111 Å². The van der Waals surface area contributed by atoms with E-state index in [1.54, 1.807) is 11.8 Å². The molecule has 0 bridgehead atoms. The fourth-order valence-corrected chi connectivity index (χ4v) is 2.30. The van der Waals surface area contributed by atoms with Crippen molar-refractivity contribution in [2.45, 2.75) is 13.5 Å². The van der Waals surface area contributed by atoms with E-state index in [2.05, 4.69) is 10.3 Å². The van der Waals surface area contributed by atoms with E-state index in [4.69, 9.17) is 4.42 Å². The number of amides is 1. The second-order valence-corrected chi connectivity index (χ2v) is 4.53. The molecule has 5 nitrogen and oxygen atoms in total. The molecule has 0 fully saturated rings. The fraction of sp³-hybridized carbons (Fsp3) is 0.286. The van der Waals surface area contributed by atoms with E-state index < -0.39 is 0 Å². The topological polar surface area (TPSA) is 58.4 Å². The van der Waals surface area contributed by atoms with Crippen LogP contribution >= 0.6 is 0 Å². The van der Waals surface area contributed by atoms with Crippen LogP contribution < -0.4 is 10.2 Å². The molecule has 0 atom stereocenters. The first-order valence-corrected chi connectivity index (χ1v) is 6.28. The summed E-state index contributed by atoms with van der Waals surface area (Å²) in [6.45, 7) is 3.93. The molecule has 0 saturated carbocycles. The maximum atomic E-state index is 12.6. The highest BCUT2D eigenvalue weighted by Crippen LogP contribution is 2.24. The van der Waals surface area contributed by atoms with E-state index in [-0.39, 0.29) is 5.91 Å². The lowest BCUT2D eigenvalue weighted by atomic mass is 10.1. The molecule has 0 unspecified atom stereocenters. The van der Waals surface area contributed by atoms with E-state index in [0.29, 0.717) is 18.0 Å². The van der Waals surface area contributed by atoms with E-state index in [1.165, 1.54) is 6.39 Å². The van der Waals surface area contributed by atoms with Crippen molar-refractivity contribution >= 4 is 11.6 Å². The number of aryl methyl sites for hydroxylation is 1. The van der Waals surface area contributed by atoms with Gasteiger partial charge in [-0.25, -0.2) is 4.98 Å². The third kappa shape index (κ3) is 2.13. The zero-order chi connectivity index (χ0) is 13.2. The van der Waals surface area contributed by atoms with Crippen molar-refractivity contribution in [2.75, 3.05) is 18.0 Å². The molecular formula is C14H15N3O2. The third-order valence-electron chi connectivity index (χ3n) is 3.29. The number of carbonyl (C=O) groups excluding carboxylic acids is 1. The molecular weight excluding hydrogens is 242 g/mol. The van der Waals surface area contributed by atoms with Crippen LogP contribution in [0.4, 0.5) is 5.69 Å². The van der Waals surface area contributed by atoms with Gasteiger partial charge in [-0.15, -0.1) is 0 Å². The Hall–Kier alpha value is -2.14. The number of fused-ring (bicyclic) bond motifs is 1. The first-order valence-electron chi connectivity index (χ1n) is 6.28. The largest absolute Gasteiger partial charge is 0.438 e. The van der Waals surface area contributed by atoms with E-state index in [1.807, 2.05) is 24.3 Å². The van der Waals surface area contributed by atoms with Crippen molar-refractivity contribution in [2.24, 2.45) is 0 Å². The number of anilines is 1. The van der Waals surface area contributed by atoms with Crippen LogP contribution in [-0.4, -0.2) is 24.0 Å². The average molecular weight is 257 g/mol. The molecule has 3 rings (SSSR count). The Morgan fingerprint density at radius 2 is 2.26 bits per heavy atom. The molecule has 98 valence electrons. The van der Waals surface area contributed by atoms with Crippen molar-refractivity contribution in [3.05, 3.63) is 47.7 Å². The van der Waals surface area contributed by atoms with Gasteiger partial charge in [-0.1, -0.05) is 18.2 Å². The van der Waals surface area contributed by atoms with Crippen molar-refractivity contribution in [3.8, 4) is 0 Å². The number of nitrogens with one attached hydrogen (secondary N) is 1. The molecule has 1 N–H and O–H groups in total. The third-order valence-corrected chi connectivity index (χ3v) is 3.29. The van der Waals surface area contributed by atoms with Gasteiger partial charge in [-0.2, -0.15) is 0 Å². The number of oxazole rings is 1. The number of nitrogens with zero attached hydrogens (tertiary/aromatic N) is 2. The minimum absolute atomic E-state index is 0.133. The molecule has 1 aliphatic heterocycles. The van der Waals surface area contributed by atoms with Crippen LogP contribution in [0.25, 0.3) is 0 Å². The second kappa shape index (κ2) is 4.85. The van der Waals surface area contributed by atoms with Gasteiger partial charge in [0.1, 0.15) is 0 Å². The summed E-state index contributed by atoms with van der Waals surface area (Å²) in [4.78, 5) is 18.3. The van der Waals surface area contributed by atoms with Gasteiger partial charge in [-0.3, -0.25) is 4.79 Å². The first-order chi connectivity index (χ1) is 9.27. The van der Waals surface area contributed by atoms with Gasteiger partial charge in [0.25, 0.3) is 5.91 Å². The van der Waals surface area contributed by atoms with Crippen LogP contribution in [0, 0.1) is 6.92 Å². The standard InChI is InChI=1S/C14H15N3O2/c1-10-13(19-9-16-10)14(18)17-7-6-15-8-11-4-2-3-5-12(11)17/h2-5,9,15H,6-8H2,1H3. The van der Waals surface area contributed by atoms with Gasteiger partial charge in [0, 0.05) is 25.3 Å². The summed E-state index contributed by atoms with van der Waals surface area (Å²) in [5.74, 6) is 0.183. The summed E-state index contributed by atoms with van der Waals surface area (Å²) in [7, 11) is 0. The Kier molecular flexibility index (Phi) is 3.05. The molecule has 0 spiro atoms. The second-order valence-electron chi connectivity index (χ2n) is 4.53. The molecule has 2 aromatic rings. The first kappa shape index (κ1) is 11.9. The Bertz CT molecular complexity index is 606. The zero-order valence-corrected chi connectivity index (χ0v) is 10.7. The SMILES string of the molecule is Cc1ncoc1C(=O)N1CCNCc2ccccc21. The lowest BCUT2D eigenvalue weighted by molar-refractivity contribution is 0.0960. The molecule has 0 radical (unpaired) electrons. The molecule has 1 amide bonds. The number of aromatic nitrogens is 1. The maximum absolute atomic E-state index is 12.6. The van der Waals surface area contributed by atoms with E-state index in [9.17, 15) is 4.79 Å². The Balaban J connectivity index is 2.01. The Morgan fingerprint density at radius 1 is 1.42 bits per heavy atom. The van der Waals surface area contributed by atoms with Gasteiger partial charge < -0.3 is 14.6 Å². The average Bonchev–Trinajstić information content (AvgIpc) is 2.74. The highest BCUT2D eigenvalue weighted by Gasteiger charge is 2.25. The predicted octanol–water partition coefficient (Wildman–Crippen LogP) is 1.73. The van der Waals surface area contributed by atoms with E-state index in [0.717, 1.165) is 24.3 Å². The predicted molar refractivity (Wildman–Crippen MR) is 71.1 cm³/mol. The summed E-state index contributed by atoms with van der Waals surface area (Å²) in [5.41, 5.74) is 2.68. The summed E-state index contributed by atoms with van der Waals surface area (Å²) in [6.07, 6.45) is 1.31. The summed E-state index contributed by atoms with van der Waals surface area (Å²) >= 11 is 0. The van der Waals surface area contributed by atoms with Crippen LogP contribution in [0.15, 0.2) is 35.1 Å². The lowest BCUT2D eigenvalue weighted by Crippen LogP contribution is -2.34. The normalized spacial score (nSPS) is 14.9. The fourth-order valence-electron chi connectivity index (χ4n) is 2.30. The molecule has 19 heavy (non-hydrogen) atoms. The lowest BCUT2D eigenvalue weighted by Gasteiger charge is -2.21. The molecule has 2 heterocycles. The van der Waals surface area contributed by atoms with Crippen molar-refractivity contribution < 1.29 is 9.21 Å². The monoisotopic (exact) mass is 257 g/mol. The van der Waals surface area contributed by atoms with Gasteiger partial charge in [0.05, 0.1) is 5.69 Å². The van der Waals surface area contributed by atoms with Gasteiger partial charge in [0.15, 0.2) is 6.39 Å². The van der Waals surface area contributed by atoms with Crippen molar-refractivity contribution in [1.29, 1.82) is 0 Å². The smallest absolute Gasteiger partial charge is 0.296 e. The number of hydrogen-bond acceptors (Lipinski definition) is 4. The molecule has 1 aliphatic rings. The number of carbonyl (C=O) groups is 1. The van der Waals surface area contributed by atoms with Crippen LogP contribution in [-0.2, 0) is 6.54 Å². The number of para-hydroxylation sites is 1. The number of rotatable bonds is 1.